The lowest BCUT2D eigenvalue weighted by Gasteiger charge is -2.11. The second-order valence-electron chi connectivity index (χ2n) is 7.57. The molecule has 0 aliphatic rings. The van der Waals surface area contributed by atoms with E-state index in [9.17, 15) is 28.6 Å². The largest absolute Gasteiger partial charge is 0.376 e. The van der Waals surface area contributed by atoms with Crippen molar-refractivity contribution < 1.29 is 22.3 Å². The van der Waals surface area contributed by atoms with Crippen molar-refractivity contribution in [3.63, 3.8) is 0 Å². The second kappa shape index (κ2) is 10.8. The Morgan fingerprint density at radius 2 is 1.64 bits per heavy atom. The summed E-state index contributed by atoms with van der Waals surface area (Å²) < 4.78 is 30.3. The maximum Gasteiger partial charge on any atom is 0.339 e. The summed E-state index contributed by atoms with van der Waals surface area (Å²) in [6.45, 7) is 3.46. The molecule has 0 aliphatic heterocycles. The van der Waals surface area contributed by atoms with Crippen LogP contribution in [0.3, 0.4) is 0 Å². The lowest BCUT2D eigenvalue weighted by molar-refractivity contribution is -0.384. The molecule has 36 heavy (non-hydrogen) atoms. The molecular weight excluding hydrogens is 529 g/mol. The van der Waals surface area contributed by atoms with Gasteiger partial charge >= 0.3 is 10.1 Å². The number of benzene rings is 3. The molecule has 3 rings (SSSR count). The van der Waals surface area contributed by atoms with Crippen molar-refractivity contribution in [2.24, 2.45) is 0 Å². The number of nitriles is 1. The van der Waals surface area contributed by atoms with Crippen LogP contribution in [0.1, 0.15) is 16.7 Å². The van der Waals surface area contributed by atoms with Crippen LogP contribution in [0.15, 0.2) is 65.1 Å². The van der Waals surface area contributed by atoms with Crippen molar-refractivity contribution in [2.75, 3.05) is 5.32 Å². The number of nitrogens with zero attached hydrogens (tertiary/aromatic N) is 2. The van der Waals surface area contributed by atoms with Gasteiger partial charge in [-0.05, 0) is 61.4 Å². The molecule has 0 saturated heterocycles. The highest BCUT2D eigenvalue weighted by Gasteiger charge is 2.22. The fourth-order valence-corrected chi connectivity index (χ4v) is 4.65. The van der Waals surface area contributed by atoms with Gasteiger partial charge in [0.25, 0.3) is 11.6 Å². The predicted octanol–water partition coefficient (Wildman–Crippen LogP) is 5.83. The van der Waals surface area contributed by atoms with Gasteiger partial charge in [0, 0.05) is 6.07 Å². The van der Waals surface area contributed by atoms with Crippen LogP contribution < -0.4 is 9.50 Å². The Kier molecular flexibility index (Phi) is 8.00. The SMILES string of the molecule is Cc1ccc(S(=O)(=O)Oc2c(Cl)cc(/C=C(\C#N)C(=O)Nc3ccc(C)cc3[N+](=O)[O-])cc2Cl)cc1. The molecule has 0 bridgehead atoms. The molecular formula is C24H17Cl2N3O6S. The minimum Gasteiger partial charge on any atom is -0.376 e. The molecule has 0 radical (unpaired) electrons. The molecule has 3 aromatic carbocycles. The van der Waals surface area contributed by atoms with Crippen LogP contribution in [0.2, 0.25) is 10.0 Å². The minimum absolute atomic E-state index is 0.0853. The standard InChI is InChI=1S/C24H17Cl2N3O6S/c1-14-3-6-18(7-4-14)36(33,34)35-23-19(25)11-16(12-20(23)26)10-17(13-27)24(30)28-21-8-5-15(2)9-22(21)29(31)32/h3-12H,1-2H3,(H,28,30)/b17-10+. The number of amides is 1. The van der Waals surface area contributed by atoms with Crippen molar-refractivity contribution in [3.05, 3.63) is 97.0 Å². The van der Waals surface area contributed by atoms with E-state index < -0.39 is 26.5 Å². The molecule has 0 unspecified atom stereocenters. The van der Waals surface area contributed by atoms with E-state index in [1.54, 1.807) is 38.1 Å². The van der Waals surface area contributed by atoms with Gasteiger partial charge in [0.1, 0.15) is 22.2 Å². The number of carbonyl (C=O) groups excluding carboxylic acids is 1. The smallest absolute Gasteiger partial charge is 0.339 e. The van der Waals surface area contributed by atoms with Gasteiger partial charge in [-0.3, -0.25) is 14.9 Å². The van der Waals surface area contributed by atoms with E-state index in [1.165, 1.54) is 36.4 Å². The molecule has 0 atom stereocenters. The number of aryl methyl sites for hydroxylation is 2. The Morgan fingerprint density at radius 3 is 2.19 bits per heavy atom. The lowest BCUT2D eigenvalue weighted by atomic mass is 10.1. The number of carbonyl (C=O) groups is 1. The highest BCUT2D eigenvalue weighted by Crippen LogP contribution is 2.37. The highest BCUT2D eigenvalue weighted by atomic mass is 35.5. The maximum absolute atomic E-state index is 12.6. The Bertz CT molecular complexity index is 1520. The van der Waals surface area contributed by atoms with Crippen LogP contribution in [0.5, 0.6) is 5.75 Å². The van der Waals surface area contributed by atoms with E-state index in [4.69, 9.17) is 27.4 Å². The molecule has 0 saturated carbocycles. The number of nitro benzene ring substituents is 1. The summed E-state index contributed by atoms with van der Waals surface area (Å²) in [5.74, 6) is -1.23. The molecule has 9 nitrogen and oxygen atoms in total. The first-order chi connectivity index (χ1) is 16.9. The summed E-state index contributed by atoms with van der Waals surface area (Å²) >= 11 is 12.4. The molecule has 1 N–H and O–H groups in total. The summed E-state index contributed by atoms with van der Waals surface area (Å²) in [7, 11) is -4.23. The third-order valence-corrected chi connectivity index (χ3v) is 6.59. The predicted molar refractivity (Wildman–Crippen MR) is 136 cm³/mol. The van der Waals surface area contributed by atoms with Crippen molar-refractivity contribution in [3.8, 4) is 11.8 Å². The molecule has 0 spiro atoms. The molecule has 3 aromatic rings. The number of nitrogens with one attached hydrogen (secondary N) is 1. The number of rotatable bonds is 7. The van der Waals surface area contributed by atoms with Gasteiger partial charge in [0.15, 0.2) is 5.75 Å². The summed E-state index contributed by atoms with van der Waals surface area (Å²) in [4.78, 5) is 23.2. The third kappa shape index (κ3) is 6.20. The van der Waals surface area contributed by atoms with Crippen LogP contribution in [0.25, 0.3) is 6.08 Å². The number of hydrogen-bond acceptors (Lipinski definition) is 7. The monoisotopic (exact) mass is 545 g/mol. The topological polar surface area (TPSA) is 139 Å². The van der Waals surface area contributed by atoms with Crippen molar-refractivity contribution in [1.82, 2.24) is 0 Å². The quantitative estimate of drug-likeness (QED) is 0.129. The van der Waals surface area contributed by atoms with Crippen molar-refractivity contribution >= 4 is 56.7 Å². The van der Waals surface area contributed by atoms with Crippen LogP contribution in [0, 0.1) is 35.3 Å². The van der Waals surface area contributed by atoms with E-state index in [2.05, 4.69) is 5.32 Å². The van der Waals surface area contributed by atoms with Crippen molar-refractivity contribution in [2.45, 2.75) is 18.7 Å². The third-order valence-electron chi connectivity index (χ3n) is 4.80. The number of hydrogen-bond donors (Lipinski definition) is 1. The van der Waals surface area contributed by atoms with Gasteiger partial charge in [0.2, 0.25) is 0 Å². The second-order valence-corrected chi connectivity index (χ2v) is 9.93. The number of halogens is 2. The summed E-state index contributed by atoms with van der Waals surface area (Å²) in [5, 5.41) is 22.7. The first-order valence-corrected chi connectivity index (χ1v) is 12.3. The molecule has 184 valence electrons. The molecule has 12 heteroatoms. The van der Waals surface area contributed by atoms with Crippen molar-refractivity contribution in [1.29, 1.82) is 5.26 Å². The van der Waals surface area contributed by atoms with E-state index in [-0.39, 0.29) is 37.6 Å². The fourth-order valence-electron chi connectivity index (χ4n) is 3.01. The average molecular weight is 546 g/mol. The van der Waals surface area contributed by atoms with Gasteiger partial charge in [0.05, 0.1) is 15.0 Å². The Morgan fingerprint density at radius 1 is 1.06 bits per heavy atom. The van der Waals surface area contributed by atoms with Gasteiger partial charge in [-0.15, -0.1) is 0 Å². The molecule has 0 fully saturated rings. The first-order valence-electron chi connectivity index (χ1n) is 10.1. The van der Waals surface area contributed by atoms with Gasteiger partial charge in [-0.25, -0.2) is 0 Å². The molecule has 0 heterocycles. The number of anilines is 1. The summed E-state index contributed by atoms with van der Waals surface area (Å²) in [6.07, 6.45) is 1.14. The van der Waals surface area contributed by atoms with Gasteiger partial charge in [-0.1, -0.05) is 47.0 Å². The zero-order valence-corrected chi connectivity index (χ0v) is 21.1. The molecule has 0 aromatic heterocycles. The van der Waals surface area contributed by atoms with Crippen LogP contribution in [-0.4, -0.2) is 19.2 Å². The highest BCUT2D eigenvalue weighted by molar-refractivity contribution is 7.87. The van der Waals surface area contributed by atoms with E-state index in [0.29, 0.717) is 5.56 Å². The Labute approximate surface area is 216 Å². The molecule has 0 aliphatic carbocycles. The summed E-state index contributed by atoms with van der Waals surface area (Å²) in [5.41, 5.74) is 0.844. The average Bonchev–Trinajstić information content (AvgIpc) is 2.81. The van der Waals surface area contributed by atoms with Crippen LogP contribution in [-0.2, 0) is 14.9 Å². The maximum atomic E-state index is 12.6. The minimum atomic E-state index is -4.23. The lowest BCUT2D eigenvalue weighted by Crippen LogP contribution is -2.14. The fraction of sp³-hybridized carbons (Fsp3) is 0.0833. The van der Waals surface area contributed by atoms with Crippen LogP contribution >= 0.6 is 23.2 Å². The molecule has 1 amide bonds. The van der Waals surface area contributed by atoms with Crippen LogP contribution in [0.4, 0.5) is 11.4 Å². The zero-order chi connectivity index (χ0) is 26.6. The van der Waals surface area contributed by atoms with Gasteiger partial charge in [-0.2, -0.15) is 13.7 Å². The number of nitro groups is 1. The first kappa shape index (κ1) is 26.7. The van der Waals surface area contributed by atoms with E-state index in [1.807, 2.05) is 0 Å². The normalized spacial score (nSPS) is 11.5. The van der Waals surface area contributed by atoms with E-state index >= 15 is 0 Å². The Balaban J connectivity index is 1.89. The Hall–Kier alpha value is -3.91. The zero-order valence-electron chi connectivity index (χ0n) is 18.8. The summed E-state index contributed by atoms with van der Waals surface area (Å²) in [6, 6.07) is 14.4. The van der Waals surface area contributed by atoms with Gasteiger partial charge < -0.3 is 9.50 Å². The van der Waals surface area contributed by atoms with E-state index in [0.717, 1.165) is 11.6 Å².